The summed E-state index contributed by atoms with van der Waals surface area (Å²) in [6, 6.07) is 0. The lowest BCUT2D eigenvalue weighted by Crippen LogP contribution is -2.46. The first kappa shape index (κ1) is 28.8. The van der Waals surface area contributed by atoms with Crippen LogP contribution < -0.4 is 0 Å². The molecule has 0 aromatic heterocycles. The highest BCUT2D eigenvalue weighted by Crippen LogP contribution is 2.50. The molecule has 0 radical (unpaired) electrons. The predicted molar refractivity (Wildman–Crippen MR) is 146 cm³/mol. The van der Waals surface area contributed by atoms with Crippen LogP contribution in [0.3, 0.4) is 0 Å². The SMILES string of the molecule is CC1CCCCCCCCCCCCCCC(N=O)(C2(C)CCCCCCCCCCC2)C1. The minimum absolute atomic E-state index is 0.0884. The van der Waals surface area contributed by atoms with Crippen LogP contribution in [0.1, 0.15) is 181 Å². The molecule has 0 aliphatic heterocycles. The molecule has 2 saturated carbocycles. The monoisotopic (exact) mass is 461 g/mol. The summed E-state index contributed by atoms with van der Waals surface area (Å²) in [5.74, 6) is 0.622. The summed E-state index contributed by atoms with van der Waals surface area (Å²) in [7, 11) is 0. The molecule has 194 valence electrons. The first-order chi connectivity index (χ1) is 16.1. The molecule has 2 unspecified atom stereocenters. The third-order valence-corrected chi connectivity index (χ3v) is 9.48. The maximum absolute atomic E-state index is 12.8. The van der Waals surface area contributed by atoms with Crippen molar-refractivity contribution in [1.82, 2.24) is 0 Å². The lowest BCUT2D eigenvalue weighted by molar-refractivity contribution is 0.0714. The van der Waals surface area contributed by atoms with Crippen molar-refractivity contribution in [3.8, 4) is 0 Å². The normalized spacial score (nSPS) is 31.4. The number of rotatable bonds is 2. The van der Waals surface area contributed by atoms with Crippen molar-refractivity contribution in [3.05, 3.63) is 4.91 Å². The van der Waals surface area contributed by atoms with Gasteiger partial charge in [0.2, 0.25) is 0 Å². The van der Waals surface area contributed by atoms with Crippen LogP contribution >= 0.6 is 0 Å². The summed E-state index contributed by atoms with van der Waals surface area (Å²) in [6.07, 6.45) is 34.6. The topological polar surface area (TPSA) is 29.4 Å². The van der Waals surface area contributed by atoms with E-state index < -0.39 is 0 Å². The van der Waals surface area contributed by atoms with Gasteiger partial charge in [0.15, 0.2) is 0 Å². The lowest BCUT2D eigenvalue weighted by Gasteiger charge is -2.46. The molecule has 2 aliphatic carbocycles. The van der Waals surface area contributed by atoms with E-state index in [1.165, 1.54) is 154 Å². The van der Waals surface area contributed by atoms with Gasteiger partial charge in [-0.2, -0.15) is 4.91 Å². The second-order valence-corrected chi connectivity index (χ2v) is 12.5. The zero-order valence-electron chi connectivity index (χ0n) is 22.8. The van der Waals surface area contributed by atoms with Gasteiger partial charge in [-0.05, 0) is 37.0 Å². The Balaban J connectivity index is 2.13. The Labute approximate surface area is 207 Å². The Morgan fingerprint density at radius 3 is 1.24 bits per heavy atom. The Kier molecular flexibility index (Phi) is 14.9. The summed E-state index contributed by atoms with van der Waals surface area (Å²) in [5, 5.41) is 4.16. The van der Waals surface area contributed by atoms with Crippen molar-refractivity contribution < 1.29 is 0 Å². The van der Waals surface area contributed by atoms with E-state index in [4.69, 9.17) is 0 Å². The number of nitroso groups, excluding NO2 is 1. The van der Waals surface area contributed by atoms with Crippen LogP contribution in [0.4, 0.5) is 0 Å². The largest absolute Gasteiger partial charge is 0.150 e. The Morgan fingerprint density at radius 2 is 0.848 bits per heavy atom. The van der Waals surface area contributed by atoms with Gasteiger partial charge < -0.3 is 0 Å². The Bertz CT molecular complexity index is 477. The van der Waals surface area contributed by atoms with Crippen LogP contribution in [0.15, 0.2) is 5.18 Å². The van der Waals surface area contributed by atoms with Gasteiger partial charge in [0.1, 0.15) is 5.54 Å². The van der Waals surface area contributed by atoms with Gasteiger partial charge in [-0.1, -0.05) is 160 Å². The van der Waals surface area contributed by atoms with Crippen molar-refractivity contribution in [2.45, 2.75) is 186 Å². The average molecular weight is 462 g/mol. The molecule has 0 aromatic rings. The minimum Gasteiger partial charge on any atom is -0.150 e. The van der Waals surface area contributed by atoms with Gasteiger partial charge in [-0.15, -0.1) is 0 Å². The lowest BCUT2D eigenvalue weighted by atomic mass is 9.60. The van der Waals surface area contributed by atoms with Gasteiger partial charge >= 0.3 is 0 Å². The van der Waals surface area contributed by atoms with E-state index in [-0.39, 0.29) is 11.0 Å². The predicted octanol–water partition coefficient (Wildman–Crippen LogP) is 11.3. The van der Waals surface area contributed by atoms with Crippen molar-refractivity contribution >= 4 is 0 Å². The first-order valence-electron chi connectivity index (χ1n) is 15.5. The maximum Gasteiger partial charge on any atom is 0.108 e. The first-order valence-corrected chi connectivity index (χ1v) is 15.5. The summed E-state index contributed by atoms with van der Waals surface area (Å²) in [6.45, 7) is 4.90. The highest BCUT2D eigenvalue weighted by Gasteiger charge is 2.49. The van der Waals surface area contributed by atoms with E-state index in [0.29, 0.717) is 5.92 Å². The van der Waals surface area contributed by atoms with E-state index in [9.17, 15) is 4.91 Å². The molecule has 0 saturated heterocycles. The average Bonchev–Trinajstić information content (AvgIpc) is 2.80. The molecule has 2 rings (SSSR count). The molecule has 2 aliphatic rings. The van der Waals surface area contributed by atoms with Crippen LogP contribution in [0.2, 0.25) is 0 Å². The zero-order chi connectivity index (χ0) is 23.7. The van der Waals surface area contributed by atoms with Gasteiger partial charge in [-0.25, -0.2) is 0 Å². The van der Waals surface area contributed by atoms with E-state index in [1.807, 2.05) is 0 Å². The second kappa shape index (κ2) is 17.1. The third-order valence-electron chi connectivity index (χ3n) is 9.48. The van der Waals surface area contributed by atoms with Gasteiger partial charge in [0, 0.05) is 0 Å². The fourth-order valence-electron chi connectivity index (χ4n) is 7.06. The number of hydrogen-bond acceptors (Lipinski definition) is 2. The quantitative estimate of drug-likeness (QED) is 0.376. The third kappa shape index (κ3) is 10.8. The van der Waals surface area contributed by atoms with Crippen molar-refractivity contribution in [2.75, 3.05) is 0 Å². The smallest absolute Gasteiger partial charge is 0.108 e. The van der Waals surface area contributed by atoms with Crippen molar-refractivity contribution in [1.29, 1.82) is 0 Å². The Morgan fingerprint density at radius 1 is 0.515 bits per heavy atom. The summed E-state index contributed by atoms with van der Waals surface area (Å²) in [5.41, 5.74) is -0.254. The molecule has 2 nitrogen and oxygen atoms in total. The minimum atomic E-state index is -0.343. The molecule has 0 bridgehead atoms. The van der Waals surface area contributed by atoms with Crippen molar-refractivity contribution in [2.24, 2.45) is 16.5 Å². The number of hydrogen-bond donors (Lipinski definition) is 0. The molecular weight excluding hydrogens is 402 g/mol. The molecule has 0 heterocycles. The number of nitrogens with zero attached hydrogens (tertiary/aromatic N) is 1. The molecule has 33 heavy (non-hydrogen) atoms. The van der Waals surface area contributed by atoms with Gasteiger partial charge in [0.05, 0.1) is 0 Å². The molecule has 2 fully saturated rings. The molecule has 2 heteroatoms. The molecular formula is C31H59NO. The zero-order valence-corrected chi connectivity index (χ0v) is 22.8. The van der Waals surface area contributed by atoms with E-state index in [1.54, 1.807) is 0 Å². The Hall–Kier alpha value is -0.400. The maximum atomic E-state index is 12.8. The molecule has 0 aromatic carbocycles. The van der Waals surface area contributed by atoms with Crippen LogP contribution in [-0.2, 0) is 0 Å². The fourth-order valence-corrected chi connectivity index (χ4v) is 7.06. The van der Waals surface area contributed by atoms with Crippen LogP contribution in [-0.4, -0.2) is 5.54 Å². The molecule has 2 atom stereocenters. The fraction of sp³-hybridized carbons (Fsp3) is 1.00. The summed E-state index contributed by atoms with van der Waals surface area (Å²) < 4.78 is 0. The van der Waals surface area contributed by atoms with E-state index in [0.717, 1.165) is 12.8 Å². The second-order valence-electron chi connectivity index (χ2n) is 12.5. The van der Waals surface area contributed by atoms with Crippen LogP contribution in [0.25, 0.3) is 0 Å². The van der Waals surface area contributed by atoms with Crippen molar-refractivity contribution in [3.63, 3.8) is 0 Å². The standard InChI is InChI=1S/C31H59NO/c1-29-24-20-16-12-8-5-3-4-6-11-15-19-23-27-31(28-29,32-33)30(2)25-21-17-13-9-7-10-14-18-22-26-30/h29H,3-28H2,1-2H3. The van der Waals surface area contributed by atoms with E-state index >= 15 is 0 Å². The van der Waals surface area contributed by atoms with Crippen LogP contribution in [0, 0.1) is 16.2 Å². The highest BCUT2D eigenvalue weighted by molar-refractivity contribution is 5.03. The summed E-state index contributed by atoms with van der Waals surface area (Å²) >= 11 is 0. The molecule has 0 spiro atoms. The van der Waals surface area contributed by atoms with E-state index in [2.05, 4.69) is 19.0 Å². The molecule has 0 amide bonds. The van der Waals surface area contributed by atoms with Gasteiger partial charge in [-0.3, -0.25) is 0 Å². The van der Waals surface area contributed by atoms with Gasteiger partial charge in [0.25, 0.3) is 0 Å². The summed E-state index contributed by atoms with van der Waals surface area (Å²) in [4.78, 5) is 12.8. The highest BCUT2D eigenvalue weighted by atomic mass is 16.3. The van der Waals surface area contributed by atoms with Crippen LogP contribution in [0.5, 0.6) is 0 Å². The molecule has 0 N–H and O–H groups in total.